The molecular formula is C20H18ClN3O. The van der Waals surface area contributed by atoms with Gasteiger partial charge in [0.05, 0.1) is 0 Å². The van der Waals surface area contributed by atoms with Crippen LogP contribution in [0.2, 0.25) is 5.02 Å². The third kappa shape index (κ3) is 4.58. The fourth-order valence-corrected chi connectivity index (χ4v) is 2.55. The SMILES string of the molecule is Cc1ccc(Cl)cc1NC(=O)c1cc(NCc2ccccc2)ccn1. The van der Waals surface area contributed by atoms with Crippen molar-refractivity contribution in [2.24, 2.45) is 0 Å². The first kappa shape index (κ1) is 17.0. The van der Waals surface area contributed by atoms with Gasteiger partial charge in [-0.2, -0.15) is 0 Å². The van der Waals surface area contributed by atoms with Gasteiger partial charge in [-0.1, -0.05) is 48.0 Å². The van der Waals surface area contributed by atoms with Gasteiger partial charge in [-0.05, 0) is 42.3 Å². The molecule has 0 aliphatic carbocycles. The Balaban J connectivity index is 1.70. The minimum absolute atomic E-state index is 0.270. The molecule has 1 aromatic heterocycles. The number of benzene rings is 2. The van der Waals surface area contributed by atoms with E-state index in [0.29, 0.717) is 22.9 Å². The first-order chi connectivity index (χ1) is 12.1. The van der Waals surface area contributed by atoms with E-state index in [9.17, 15) is 4.79 Å². The third-order valence-corrected chi connectivity index (χ3v) is 4.01. The molecule has 4 nitrogen and oxygen atoms in total. The molecule has 0 atom stereocenters. The first-order valence-corrected chi connectivity index (χ1v) is 8.31. The maximum absolute atomic E-state index is 12.5. The van der Waals surface area contributed by atoms with E-state index >= 15 is 0 Å². The van der Waals surface area contributed by atoms with E-state index in [1.165, 1.54) is 5.56 Å². The van der Waals surface area contributed by atoms with Crippen molar-refractivity contribution >= 4 is 28.9 Å². The van der Waals surface area contributed by atoms with Gasteiger partial charge in [0.1, 0.15) is 5.69 Å². The summed E-state index contributed by atoms with van der Waals surface area (Å²) in [7, 11) is 0. The van der Waals surface area contributed by atoms with Gasteiger partial charge in [-0.15, -0.1) is 0 Å². The van der Waals surface area contributed by atoms with Crippen LogP contribution in [0.25, 0.3) is 0 Å². The standard InChI is InChI=1S/C20H18ClN3O/c1-14-7-8-16(21)11-18(14)24-20(25)19-12-17(9-10-22-19)23-13-15-5-3-2-4-6-15/h2-12H,13H2,1H3,(H,22,23)(H,24,25). The Kier molecular flexibility index (Phi) is 5.31. The normalized spacial score (nSPS) is 10.3. The number of rotatable bonds is 5. The average molecular weight is 352 g/mol. The number of pyridine rings is 1. The number of carbonyl (C=O) groups is 1. The zero-order chi connectivity index (χ0) is 17.6. The number of nitrogens with one attached hydrogen (secondary N) is 2. The second-order valence-electron chi connectivity index (χ2n) is 5.68. The Morgan fingerprint density at radius 2 is 1.88 bits per heavy atom. The minimum Gasteiger partial charge on any atom is -0.381 e. The number of amides is 1. The van der Waals surface area contributed by atoms with Crippen molar-refractivity contribution in [2.45, 2.75) is 13.5 Å². The third-order valence-electron chi connectivity index (χ3n) is 3.78. The van der Waals surface area contributed by atoms with Crippen LogP contribution < -0.4 is 10.6 Å². The van der Waals surface area contributed by atoms with E-state index in [1.54, 1.807) is 24.4 Å². The number of anilines is 2. The van der Waals surface area contributed by atoms with Crippen molar-refractivity contribution in [1.82, 2.24) is 4.98 Å². The van der Waals surface area contributed by atoms with Gasteiger partial charge in [-0.25, -0.2) is 0 Å². The van der Waals surface area contributed by atoms with E-state index in [-0.39, 0.29) is 5.91 Å². The van der Waals surface area contributed by atoms with Crippen molar-refractivity contribution < 1.29 is 4.79 Å². The second-order valence-corrected chi connectivity index (χ2v) is 6.12. The number of hydrogen-bond donors (Lipinski definition) is 2. The quantitative estimate of drug-likeness (QED) is 0.686. The number of carbonyl (C=O) groups excluding carboxylic acids is 1. The lowest BCUT2D eigenvalue weighted by atomic mass is 10.2. The summed E-state index contributed by atoms with van der Waals surface area (Å²) in [5.74, 6) is -0.270. The zero-order valence-corrected chi connectivity index (χ0v) is 14.5. The van der Waals surface area contributed by atoms with Crippen LogP contribution in [0.1, 0.15) is 21.6 Å². The van der Waals surface area contributed by atoms with E-state index in [4.69, 9.17) is 11.6 Å². The second kappa shape index (κ2) is 7.81. The summed E-state index contributed by atoms with van der Waals surface area (Å²) in [6.07, 6.45) is 1.62. The molecule has 0 unspecified atom stereocenters. The molecule has 0 saturated heterocycles. The van der Waals surface area contributed by atoms with Crippen molar-refractivity contribution in [2.75, 3.05) is 10.6 Å². The molecular weight excluding hydrogens is 334 g/mol. The fourth-order valence-electron chi connectivity index (χ4n) is 2.38. The Morgan fingerprint density at radius 3 is 2.68 bits per heavy atom. The summed E-state index contributed by atoms with van der Waals surface area (Å²) < 4.78 is 0. The maximum atomic E-state index is 12.5. The number of halogens is 1. The Labute approximate surface area is 151 Å². The van der Waals surface area contributed by atoms with Crippen LogP contribution in [-0.2, 0) is 6.54 Å². The molecule has 0 aliphatic heterocycles. The molecule has 2 N–H and O–H groups in total. The Morgan fingerprint density at radius 1 is 1.08 bits per heavy atom. The number of aryl methyl sites for hydroxylation is 1. The van der Waals surface area contributed by atoms with E-state index in [1.807, 2.05) is 49.4 Å². The first-order valence-electron chi connectivity index (χ1n) is 7.93. The van der Waals surface area contributed by atoms with Crippen molar-refractivity contribution in [3.63, 3.8) is 0 Å². The van der Waals surface area contributed by atoms with Gasteiger partial charge in [0.25, 0.3) is 5.91 Å². The van der Waals surface area contributed by atoms with Crippen LogP contribution in [0, 0.1) is 6.92 Å². The minimum atomic E-state index is -0.270. The molecule has 0 radical (unpaired) electrons. The van der Waals surface area contributed by atoms with Crippen LogP contribution in [0.5, 0.6) is 0 Å². The smallest absolute Gasteiger partial charge is 0.274 e. The molecule has 126 valence electrons. The zero-order valence-electron chi connectivity index (χ0n) is 13.8. The molecule has 25 heavy (non-hydrogen) atoms. The Bertz CT molecular complexity index is 881. The van der Waals surface area contributed by atoms with Crippen LogP contribution in [-0.4, -0.2) is 10.9 Å². The predicted molar refractivity (Wildman–Crippen MR) is 102 cm³/mol. The summed E-state index contributed by atoms with van der Waals surface area (Å²) in [6, 6.07) is 19.0. The molecule has 0 aliphatic rings. The summed E-state index contributed by atoms with van der Waals surface area (Å²) in [5.41, 5.74) is 3.97. The summed E-state index contributed by atoms with van der Waals surface area (Å²) in [4.78, 5) is 16.6. The summed E-state index contributed by atoms with van der Waals surface area (Å²) in [5, 5.41) is 6.73. The van der Waals surface area contributed by atoms with Crippen LogP contribution in [0.4, 0.5) is 11.4 Å². The molecule has 0 fully saturated rings. The predicted octanol–water partition coefficient (Wildman–Crippen LogP) is 4.91. The van der Waals surface area contributed by atoms with Crippen LogP contribution in [0.15, 0.2) is 66.9 Å². The van der Waals surface area contributed by atoms with Crippen molar-refractivity contribution in [1.29, 1.82) is 0 Å². The molecule has 2 aromatic carbocycles. The maximum Gasteiger partial charge on any atom is 0.274 e. The Hall–Kier alpha value is -2.85. The molecule has 0 bridgehead atoms. The molecule has 1 heterocycles. The molecule has 0 saturated carbocycles. The van der Waals surface area contributed by atoms with Gasteiger partial charge in [-0.3, -0.25) is 9.78 Å². The lowest BCUT2D eigenvalue weighted by molar-refractivity contribution is 0.102. The topological polar surface area (TPSA) is 54.0 Å². The number of aromatic nitrogens is 1. The highest BCUT2D eigenvalue weighted by atomic mass is 35.5. The molecule has 3 aromatic rings. The number of nitrogens with zero attached hydrogens (tertiary/aromatic N) is 1. The lowest BCUT2D eigenvalue weighted by Gasteiger charge is -2.10. The average Bonchev–Trinajstić information content (AvgIpc) is 2.64. The van der Waals surface area contributed by atoms with Crippen molar-refractivity contribution in [3.8, 4) is 0 Å². The summed E-state index contributed by atoms with van der Waals surface area (Å²) >= 11 is 5.99. The number of hydrogen-bond acceptors (Lipinski definition) is 3. The molecule has 0 spiro atoms. The molecule has 3 rings (SSSR count). The highest BCUT2D eigenvalue weighted by Crippen LogP contribution is 2.21. The lowest BCUT2D eigenvalue weighted by Crippen LogP contribution is -2.14. The monoisotopic (exact) mass is 351 g/mol. The fraction of sp³-hybridized carbons (Fsp3) is 0.100. The van der Waals surface area contributed by atoms with Gasteiger partial charge in [0.2, 0.25) is 0 Å². The van der Waals surface area contributed by atoms with Gasteiger partial charge >= 0.3 is 0 Å². The highest BCUT2D eigenvalue weighted by Gasteiger charge is 2.10. The largest absolute Gasteiger partial charge is 0.381 e. The summed E-state index contributed by atoms with van der Waals surface area (Å²) in [6.45, 7) is 2.59. The van der Waals surface area contributed by atoms with E-state index in [2.05, 4.69) is 15.6 Å². The molecule has 5 heteroatoms. The van der Waals surface area contributed by atoms with Gasteiger partial charge < -0.3 is 10.6 Å². The van der Waals surface area contributed by atoms with Crippen LogP contribution in [0.3, 0.4) is 0 Å². The van der Waals surface area contributed by atoms with Crippen molar-refractivity contribution in [3.05, 3.63) is 88.7 Å². The van der Waals surface area contributed by atoms with Gasteiger partial charge in [0, 0.05) is 29.1 Å². The van der Waals surface area contributed by atoms with Crippen LogP contribution >= 0.6 is 11.6 Å². The van der Waals surface area contributed by atoms with Gasteiger partial charge in [0.15, 0.2) is 0 Å². The molecule has 1 amide bonds. The van der Waals surface area contributed by atoms with E-state index < -0.39 is 0 Å². The van der Waals surface area contributed by atoms with E-state index in [0.717, 1.165) is 11.3 Å². The highest BCUT2D eigenvalue weighted by molar-refractivity contribution is 6.31.